The van der Waals surface area contributed by atoms with Crippen molar-refractivity contribution in [2.24, 2.45) is 7.05 Å². The van der Waals surface area contributed by atoms with Gasteiger partial charge in [-0.05, 0) is 31.5 Å². The molecule has 0 radical (unpaired) electrons. The molecular weight excluding hydrogens is 300 g/mol. The third-order valence-corrected chi connectivity index (χ3v) is 3.52. The first-order chi connectivity index (χ1) is 10.9. The fraction of sp³-hybridized carbons (Fsp3) is 0.267. The molecule has 2 aromatic rings. The van der Waals surface area contributed by atoms with Crippen LogP contribution in [0.5, 0.6) is 0 Å². The lowest BCUT2D eigenvalue weighted by molar-refractivity contribution is 0.0599. The molecule has 2 amide bonds. The van der Waals surface area contributed by atoms with E-state index in [0.29, 0.717) is 22.5 Å². The summed E-state index contributed by atoms with van der Waals surface area (Å²) in [5.41, 5.74) is 6.53. The Kier molecular flexibility index (Phi) is 4.54. The lowest BCUT2D eigenvalue weighted by Crippen LogP contribution is -2.42. The first kappa shape index (κ1) is 16.3. The summed E-state index contributed by atoms with van der Waals surface area (Å²) in [4.78, 5) is 38.7. The summed E-state index contributed by atoms with van der Waals surface area (Å²) in [6.07, 6.45) is 1.72. The molecule has 0 aliphatic carbocycles. The zero-order valence-corrected chi connectivity index (χ0v) is 13.3. The Hall–Kier alpha value is -3.03. The average molecular weight is 318 g/mol. The number of esters is 1. The Labute approximate surface area is 132 Å². The van der Waals surface area contributed by atoms with E-state index < -0.39 is 17.8 Å². The van der Waals surface area contributed by atoms with Crippen LogP contribution in [0, 0.1) is 13.8 Å². The van der Waals surface area contributed by atoms with Gasteiger partial charge in [0.05, 0.1) is 12.7 Å². The highest BCUT2D eigenvalue weighted by Crippen LogP contribution is 2.18. The minimum Gasteiger partial charge on any atom is -0.465 e. The molecular formula is C15H18N4O4. The van der Waals surface area contributed by atoms with Crippen molar-refractivity contribution in [3.8, 4) is 0 Å². The van der Waals surface area contributed by atoms with Crippen LogP contribution in [0.1, 0.15) is 42.6 Å². The number of H-pyrrole nitrogens is 1. The lowest BCUT2D eigenvalue weighted by atomic mass is 10.1. The van der Waals surface area contributed by atoms with Crippen LogP contribution < -0.4 is 10.9 Å². The van der Waals surface area contributed by atoms with Gasteiger partial charge in [-0.25, -0.2) is 4.79 Å². The molecule has 2 rings (SSSR count). The number of aryl methyl sites for hydroxylation is 2. The minimum absolute atomic E-state index is 0.190. The summed E-state index contributed by atoms with van der Waals surface area (Å²) in [6.45, 7) is 3.29. The maximum absolute atomic E-state index is 12.2. The number of ether oxygens (including phenoxy) is 1. The second-order valence-corrected chi connectivity index (χ2v) is 5.03. The number of amides is 2. The molecule has 122 valence electrons. The molecule has 3 N–H and O–H groups in total. The molecule has 23 heavy (non-hydrogen) atoms. The number of aromatic nitrogens is 2. The van der Waals surface area contributed by atoms with E-state index in [0.717, 1.165) is 0 Å². The zero-order valence-electron chi connectivity index (χ0n) is 13.3. The second kappa shape index (κ2) is 6.39. The maximum atomic E-state index is 12.2. The topological polar surface area (TPSA) is 105 Å². The minimum atomic E-state index is -0.552. The largest absolute Gasteiger partial charge is 0.465 e. The maximum Gasteiger partial charge on any atom is 0.339 e. The van der Waals surface area contributed by atoms with Crippen molar-refractivity contribution in [1.82, 2.24) is 20.4 Å². The number of nitrogens with one attached hydrogen (secondary N) is 3. The van der Waals surface area contributed by atoms with Gasteiger partial charge in [0.1, 0.15) is 11.4 Å². The van der Waals surface area contributed by atoms with E-state index in [1.54, 1.807) is 43.8 Å². The number of carbonyl (C=O) groups is 3. The summed E-state index contributed by atoms with van der Waals surface area (Å²) in [5, 5.41) is 0. The third-order valence-electron chi connectivity index (χ3n) is 3.52. The highest BCUT2D eigenvalue weighted by Gasteiger charge is 2.22. The molecule has 8 nitrogen and oxygen atoms in total. The first-order valence-electron chi connectivity index (χ1n) is 6.86. The monoisotopic (exact) mass is 318 g/mol. The van der Waals surface area contributed by atoms with E-state index >= 15 is 0 Å². The van der Waals surface area contributed by atoms with E-state index in [1.807, 2.05) is 0 Å². The number of rotatable bonds is 3. The molecule has 2 heterocycles. The molecule has 0 atom stereocenters. The molecule has 0 saturated carbocycles. The van der Waals surface area contributed by atoms with Crippen molar-refractivity contribution >= 4 is 17.8 Å². The number of hydrazine groups is 1. The van der Waals surface area contributed by atoms with Gasteiger partial charge in [0.15, 0.2) is 0 Å². The van der Waals surface area contributed by atoms with E-state index in [4.69, 9.17) is 0 Å². The zero-order chi connectivity index (χ0) is 17.1. The summed E-state index contributed by atoms with van der Waals surface area (Å²) in [7, 11) is 2.99. The molecule has 0 aliphatic rings. The van der Waals surface area contributed by atoms with Gasteiger partial charge >= 0.3 is 5.97 Å². The second-order valence-electron chi connectivity index (χ2n) is 5.03. The van der Waals surface area contributed by atoms with Crippen molar-refractivity contribution in [3.63, 3.8) is 0 Å². The van der Waals surface area contributed by atoms with Crippen LogP contribution in [-0.2, 0) is 11.8 Å². The molecule has 0 saturated heterocycles. The van der Waals surface area contributed by atoms with Gasteiger partial charge in [-0.2, -0.15) is 0 Å². The van der Waals surface area contributed by atoms with Crippen LogP contribution >= 0.6 is 0 Å². The Bertz CT molecular complexity index is 773. The molecule has 2 aromatic heterocycles. The highest BCUT2D eigenvalue weighted by atomic mass is 16.5. The summed E-state index contributed by atoms with van der Waals surface area (Å²) in [5.74, 6) is -1.52. The van der Waals surface area contributed by atoms with Gasteiger partial charge in [0.25, 0.3) is 11.8 Å². The van der Waals surface area contributed by atoms with Crippen molar-refractivity contribution < 1.29 is 19.1 Å². The standard InChI is InChI=1S/C15H18N4O4/c1-8-11(15(22)23-4)9(2)16-12(8)14(21)18-17-13(20)10-6-5-7-19(10)3/h5-7,16H,1-4H3,(H,17,20)(H,18,21). The van der Waals surface area contributed by atoms with Crippen LogP contribution in [-0.4, -0.2) is 34.4 Å². The predicted octanol–water partition coefficient (Wildman–Crippen LogP) is 0.831. The summed E-state index contributed by atoms with van der Waals surface area (Å²) in [6, 6.07) is 3.35. The summed E-state index contributed by atoms with van der Waals surface area (Å²) >= 11 is 0. The van der Waals surface area contributed by atoms with Gasteiger partial charge < -0.3 is 14.3 Å². The molecule has 0 bridgehead atoms. The van der Waals surface area contributed by atoms with Crippen LogP contribution in [0.2, 0.25) is 0 Å². The van der Waals surface area contributed by atoms with E-state index in [1.165, 1.54) is 7.11 Å². The predicted molar refractivity (Wildman–Crippen MR) is 82.0 cm³/mol. The quantitative estimate of drug-likeness (QED) is 0.576. The first-order valence-corrected chi connectivity index (χ1v) is 6.86. The number of methoxy groups -OCH3 is 1. The van der Waals surface area contributed by atoms with E-state index in [9.17, 15) is 14.4 Å². The molecule has 0 fully saturated rings. The van der Waals surface area contributed by atoms with E-state index in [2.05, 4.69) is 20.6 Å². The molecule has 8 heteroatoms. The highest BCUT2D eigenvalue weighted by molar-refractivity contribution is 6.02. The number of hydrogen-bond acceptors (Lipinski definition) is 4. The normalized spacial score (nSPS) is 10.3. The van der Waals surface area contributed by atoms with Crippen molar-refractivity contribution in [2.75, 3.05) is 7.11 Å². The van der Waals surface area contributed by atoms with Crippen molar-refractivity contribution in [2.45, 2.75) is 13.8 Å². The summed E-state index contributed by atoms with van der Waals surface area (Å²) < 4.78 is 6.31. The van der Waals surface area contributed by atoms with Gasteiger partial charge in [-0.1, -0.05) is 0 Å². The number of nitrogens with zero attached hydrogens (tertiary/aromatic N) is 1. The van der Waals surface area contributed by atoms with Crippen LogP contribution in [0.3, 0.4) is 0 Å². The lowest BCUT2D eigenvalue weighted by Gasteiger charge is -2.08. The Morgan fingerprint density at radius 1 is 1.17 bits per heavy atom. The fourth-order valence-corrected chi connectivity index (χ4v) is 2.32. The molecule has 0 unspecified atom stereocenters. The number of carbonyl (C=O) groups excluding carboxylic acids is 3. The molecule has 0 aliphatic heterocycles. The average Bonchev–Trinajstić information content (AvgIpc) is 3.07. The SMILES string of the molecule is COC(=O)c1c(C)[nH]c(C(=O)NNC(=O)c2cccn2C)c1C. The fourth-order valence-electron chi connectivity index (χ4n) is 2.32. The van der Waals surface area contributed by atoms with Crippen molar-refractivity contribution in [3.05, 3.63) is 46.5 Å². The Morgan fingerprint density at radius 2 is 1.83 bits per heavy atom. The number of aromatic amines is 1. The molecule has 0 spiro atoms. The van der Waals surface area contributed by atoms with E-state index in [-0.39, 0.29) is 5.69 Å². The third kappa shape index (κ3) is 3.10. The van der Waals surface area contributed by atoms with Crippen LogP contribution in [0.25, 0.3) is 0 Å². The van der Waals surface area contributed by atoms with Crippen LogP contribution in [0.15, 0.2) is 18.3 Å². The number of hydrogen-bond donors (Lipinski definition) is 3. The van der Waals surface area contributed by atoms with Crippen LogP contribution in [0.4, 0.5) is 0 Å². The van der Waals surface area contributed by atoms with Gasteiger partial charge in [0, 0.05) is 18.9 Å². The van der Waals surface area contributed by atoms with Crippen molar-refractivity contribution in [1.29, 1.82) is 0 Å². The molecule has 0 aromatic carbocycles. The van der Waals surface area contributed by atoms with Gasteiger partial charge in [-0.3, -0.25) is 20.4 Å². The smallest absolute Gasteiger partial charge is 0.339 e. The van der Waals surface area contributed by atoms with Gasteiger partial charge in [-0.15, -0.1) is 0 Å². The van der Waals surface area contributed by atoms with Gasteiger partial charge in [0.2, 0.25) is 0 Å². The Morgan fingerprint density at radius 3 is 2.39 bits per heavy atom. The Balaban J connectivity index is 2.11.